The summed E-state index contributed by atoms with van der Waals surface area (Å²) in [6.07, 6.45) is 5.05. The van der Waals surface area contributed by atoms with Crippen LogP contribution in [0.25, 0.3) is 11.4 Å². The fraction of sp³-hybridized carbons (Fsp3) is 0.654. The van der Waals surface area contributed by atoms with E-state index in [0.717, 1.165) is 43.0 Å². The molecular weight excluding hydrogens is 430 g/mol. The topological polar surface area (TPSA) is 97.7 Å². The van der Waals surface area contributed by atoms with Gasteiger partial charge in [0.1, 0.15) is 5.75 Å². The molecule has 4 atom stereocenters. The Hall–Kier alpha value is -2.61. The second-order valence-corrected chi connectivity index (χ2v) is 11.1. The molecule has 1 aliphatic carbocycles. The Balaban J connectivity index is 1.27. The number of anilines is 1. The number of rotatable bonds is 8. The highest BCUT2D eigenvalue weighted by atomic mass is 16.5. The molecule has 3 heterocycles. The Kier molecular flexibility index (Phi) is 6.27. The van der Waals surface area contributed by atoms with Gasteiger partial charge in [0.25, 0.3) is 0 Å². The van der Waals surface area contributed by atoms with Gasteiger partial charge in [-0.1, -0.05) is 19.0 Å². The second-order valence-electron chi connectivity index (χ2n) is 11.1. The number of primary amides is 1. The van der Waals surface area contributed by atoms with Gasteiger partial charge in [-0.3, -0.25) is 4.79 Å². The Bertz CT molecular complexity index is 1000. The van der Waals surface area contributed by atoms with Gasteiger partial charge in [-0.25, -0.2) is 0 Å². The van der Waals surface area contributed by atoms with Crippen molar-refractivity contribution >= 4 is 11.9 Å². The van der Waals surface area contributed by atoms with Crippen LogP contribution in [0, 0.1) is 23.2 Å². The smallest absolute Gasteiger partial charge is 0.324 e. The fourth-order valence-corrected chi connectivity index (χ4v) is 5.83. The molecule has 0 bridgehead atoms. The Morgan fingerprint density at radius 2 is 2.00 bits per heavy atom. The summed E-state index contributed by atoms with van der Waals surface area (Å²) in [5, 5.41) is 4.23. The summed E-state index contributed by atoms with van der Waals surface area (Å²) in [6, 6.07) is 8.35. The number of hydrogen-bond acceptors (Lipinski definition) is 7. The molecule has 5 rings (SSSR count). The van der Waals surface area contributed by atoms with Crippen LogP contribution in [0.4, 0.5) is 6.01 Å². The summed E-state index contributed by atoms with van der Waals surface area (Å²) in [6.45, 7) is 8.98. The Morgan fingerprint density at radius 3 is 2.68 bits per heavy atom. The van der Waals surface area contributed by atoms with Crippen molar-refractivity contribution in [3.63, 3.8) is 0 Å². The number of methoxy groups -OCH3 is 1. The first-order valence-electron chi connectivity index (χ1n) is 12.6. The number of benzene rings is 1. The predicted octanol–water partition coefficient (Wildman–Crippen LogP) is 3.57. The van der Waals surface area contributed by atoms with E-state index >= 15 is 0 Å². The Labute approximate surface area is 201 Å². The van der Waals surface area contributed by atoms with Gasteiger partial charge in [0.2, 0.25) is 11.7 Å². The zero-order valence-electron chi connectivity index (χ0n) is 20.6. The van der Waals surface area contributed by atoms with Crippen molar-refractivity contribution in [1.82, 2.24) is 15.0 Å². The van der Waals surface area contributed by atoms with Gasteiger partial charge in [0.05, 0.1) is 7.11 Å². The van der Waals surface area contributed by atoms with E-state index in [1.165, 1.54) is 25.9 Å². The van der Waals surface area contributed by atoms with Crippen LogP contribution >= 0.6 is 0 Å². The molecule has 184 valence electrons. The Morgan fingerprint density at radius 1 is 1.24 bits per heavy atom. The van der Waals surface area contributed by atoms with Gasteiger partial charge < -0.3 is 24.8 Å². The highest BCUT2D eigenvalue weighted by molar-refractivity contribution is 5.77. The third-order valence-electron chi connectivity index (χ3n) is 8.30. The van der Waals surface area contributed by atoms with Crippen molar-refractivity contribution in [2.24, 2.45) is 28.9 Å². The predicted molar refractivity (Wildman–Crippen MR) is 130 cm³/mol. The standard InChI is InChI=1S/C26H37N5O3/c1-26(2)14-20(26)16-30-10-8-17(15-30)12-21-13-19(23(27)32)9-11-31(21)25-28-24(29-34-25)18-4-6-22(33-3)7-5-18/h4-7,17,19-21H,8-16H2,1-3H3,(H2,27,32). The highest BCUT2D eigenvalue weighted by Gasteiger charge is 2.46. The molecule has 1 amide bonds. The maximum atomic E-state index is 12.0. The minimum absolute atomic E-state index is 0.0880. The van der Waals surface area contributed by atoms with Crippen LogP contribution in [-0.2, 0) is 4.79 Å². The normalized spacial score (nSPS) is 28.7. The molecule has 0 spiro atoms. The average molecular weight is 468 g/mol. The molecule has 8 heteroatoms. The van der Waals surface area contributed by atoms with Crippen molar-refractivity contribution < 1.29 is 14.1 Å². The van der Waals surface area contributed by atoms with Crippen molar-refractivity contribution in [2.75, 3.05) is 38.2 Å². The molecule has 1 aromatic carbocycles. The van der Waals surface area contributed by atoms with E-state index < -0.39 is 0 Å². The maximum Gasteiger partial charge on any atom is 0.324 e. The number of nitrogens with two attached hydrogens (primary N) is 1. The second kappa shape index (κ2) is 9.21. The zero-order valence-corrected chi connectivity index (χ0v) is 20.6. The maximum absolute atomic E-state index is 12.0. The minimum atomic E-state index is -0.196. The highest BCUT2D eigenvalue weighted by Crippen LogP contribution is 2.52. The summed E-state index contributed by atoms with van der Waals surface area (Å²) < 4.78 is 11.0. The van der Waals surface area contributed by atoms with E-state index in [2.05, 4.69) is 28.8 Å². The molecule has 34 heavy (non-hydrogen) atoms. The van der Waals surface area contributed by atoms with E-state index in [1.54, 1.807) is 7.11 Å². The summed E-state index contributed by atoms with van der Waals surface area (Å²) >= 11 is 0. The third kappa shape index (κ3) is 4.92. The number of ether oxygens (including phenoxy) is 1. The lowest BCUT2D eigenvalue weighted by molar-refractivity contribution is -0.122. The van der Waals surface area contributed by atoms with Gasteiger partial charge in [0, 0.05) is 37.2 Å². The minimum Gasteiger partial charge on any atom is -0.497 e. The van der Waals surface area contributed by atoms with Crippen molar-refractivity contribution in [3.8, 4) is 17.1 Å². The number of nitrogens with zero attached hydrogens (tertiary/aromatic N) is 4. The molecule has 1 aromatic heterocycles. The van der Waals surface area contributed by atoms with Gasteiger partial charge in [-0.05, 0) is 80.2 Å². The number of piperidine rings is 1. The SMILES string of the molecule is COc1ccc(-c2noc(N3CCC(C(N)=O)CC3CC3CCN(CC4CC4(C)C)C3)n2)cc1. The van der Waals surface area contributed by atoms with E-state index in [9.17, 15) is 4.79 Å². The lowest BCUT2D eigenvalue weighted by Crippen LogP contribution is -2.47. The number of carbonyl (C=O) groups is 1. The molecular formula is C26H37N5O3. The largest absolute Gasteiger partial charge is 0.497 e. The van der Waals surface area contributed by atoms with Crippen LogP contribution in [-0.4, -0.2) is 60.3 Å². The quantitative estimate of drug-likeness (QED) is 0.634. The molecule has 2 aromatic rings. The van der Waals surface area contributed by atoms with E-state index in [4.69, 9.17) is 20.0 Å². The van der Waals surface area contributed by atoms with Gasteiger partial charge in [-0.2, -0.15) is 4.98 Å². The summed E-state index contributed by atoms with van der Waals surface area (Å²) in [4.78, 5) is 21.6. The number of hydrogen-bond donors (Lipinski definition) is 1. The first-order valence-corrected chi connectivity index (χ1v) is 12.6. The number of likely N-dealkylation sites (tertiary alicyclic amines) is 1. The third-order valence-corrected chi connectivity index (χ3v) is 8.30. The molecule has 2 N–H and O–H groups in total. The van der Waals surface area contributed by atoms with Crippen LogP contribution in [0.3, 0.4) is 0 Å². The van der Waals surface area contributed by atoms with Crippen LogP contribution in [0.15, 0.2) is 28.8 Å². The summed E-state index contributed by atoms with van der Waals surface area (Å²) in [5.74, 6) is 2.52. The molecule has 3 aliphatic rings. The number of amides is 1. The van der Waals surface area contributed by atoms with Crippen molar-refractivity contribution in [1.29, 1.82) is 0 Å². The van der Waals surface area contributed by atoms with Crippen LogP contribution in [0.1, 0.15) is 46.0 Å². The van der Waals surface area contributed by atoms with Gasteiger partial charge in [0.15, 0.2) is 0 Å². The van der Waals surface area contributed by atoms with E-state index in [-0.39, 0.29) is 17.9 Å². The van der Waals surface area contributed by atoms with Gasteiger partial charge in [-0.15, -0.1) is 0 Å². The molecule has 2 saturated heterocycles. The first-order chi connectivity index (χ1) is 16.3. The molecule has 8 nitrogen and oxygen atoms in total. The first kappa shape index (κ1) is 23.1. The van der Waals surface area contributed by atoms with Crippen molar-refractivity contribution in [3.05, 3.63) is 24.3 Å². The number of carbonyl (C=O) groups excluding carboxylic acids is 1. The lowest BCUT2D eigenvalue weighted by atomic mass is 9.85. The molecule has 0 radical (unpaired) electrons. The monoisotopic (exact) mass is 467 g/mol. The lowest BCUT2D eigenvalue weighted by Gasteiger charge is -2.38. The average Bonchev–Trinajstić information content (AvgIpc) is 3.21. The van der Waals surface area contributed by atoms with Crippen molar-refractivity contribution in [2.45, 2.75) is 52.0 Å². The van der Waals surface area contributed by atoms with Crippen LogP contribution < -0.4 is 15.4 Å². The van der Waals surface area contributed by atoms with E-state index in [0.29, 0.717) is 29.7 Å². The molecule has 2 aliphatic heterocycles. The zero-order chi connectivity index (χ0) is 23.9. The van der Waals surface area contributed by atoms with Crippen LogP contribution in [0.2, 0.25) is 0 Å². The molecule has 4 unspecified atom stereocenters. The summed E-state index contributed by atoms with van der Waals surface area (Å²) in [7, 11) is 1.65. The fourth-order valence-electron chi connectivity index (χ4n) is 5.83. The summed E-state index contributed by atoms with van der Waals surface area (Å²) in [5.41, 5.74) is 7.11. The number of aromatic nitrogens is 2. The molecule has 1 saturated carbocycles. The van der Waals surface area contributed by atoms with E-state index in [1.807, 2.05) is 24.3 Å². The van der Waals surface area contributed by atoms with Crippen LogP contribution in [0.5, 0.6) is 5.75 Å². The molecule has 3 fully saturated rings. The van der Waals surface area contributed by atoms with Gasteiger partial charge >= 0.3 is 6.01 Å².